The van der Waals surface area contributed by atoms with Crippen molar-refractivity contribution in [1.82, 2.24) is 4.98 Å². The molecule has 0 saturated heterocycles. The summed E-state index contributed by atoms with van der Waals surface area (Å²) in [6.45, 7) is 3.99. The molecule has 7 heteroatoms. The molecule has 2 heterocycles. The van der Waals surface area contributed by atoms with Gasteiger partial charge in [-0.05, 0) is 49.1 Å². The number of nitrogens with zero attached hydrogens (tertiary/aromatic N) is 1. The zero-order valence-corrected chi connectivity index (χ0v) is 18.2. The largest absolute Gasteiger partial charge is 0.462 e. The number of aromatic nitrogens is 1. The number of thiazole rings is 1. The Morgan fingerprint density at radius 2 is 1.70 bits per heavy atom. The maximum Gasteiger partial charge on any atom is 0.348 e. The molecule has 0 aliphatic carbocycles. The zero-order valence-electron chi connectivity index (χ0n) is 16.6. The highest BCUT2D eigenvalue weighted by molar-refractivity contribution is 7.30. The predicted octanol–water partition coefficient (Wildman–Crippen LogP) is 5.69. The average Bonchev–Trinajstić information content (AvgIpc) is 3.28. The maximum absolute atomic E-state index is 12.6. The van der Waals surface area contributed by atoms with Crippen LogP contribution in [0.1, 0.15) is 43.6 Å². The van der Waals surface area contributed by atoms with Gasteiger partial charge in [0.05, 0.1) is 11.3 Å². The fraction of sp³-hybridized carbons (Fsp3) is 0.174. The molecule has 0 radical (unpaired) electrons. The molecule has 4 aromatic rings. The maximum atomic E-state index is 12.6. The first kappa shape index (κ1) is 20.3. The SMILES string of the molecule is CCOC(=O)c1sc2nc(NC(=O)c3ccc(Cc4ccccc4)cc3)sc2c1C. The summed E-state index contributed by atoms with van der Waals surface area (Å²) in [5.41, 5.74) is 3.80. The number of nitrogens with one attached hydrogen (secondary N) is 1. The highest BCUT2D eigenvalue weighted by atomic mass is 32.1. The van der Waals surface area contributed by atoms with Crippen molar-refractivity contribution in [3.8, 4) is 0 Å². The number of anilines is 1. The van der Waals surface area contributed by atoms with Crippen molar-refractivity contribution in [3.05, 3.63) is 81.7 Å². The van der Waals surface area contributed by atoms with Crippen LogP contribution in [0.15, 0.2) is 54.6 Å². The minimum Gasteiger partial charge on any atom is -0.462 e. The molecule has 30 heavy (non-hydrogen) atoms. The Morgan fingerprint density at radius 1 is 1.00 bits per heavy atom. The number of benzene rings is 2. The van der Waals surface area contributed by atoms with Gasteiger partial charge in [0.1, 0.15) is 9.71 Å². The van der Waals surface area contributed by atoms with Gasteiger partial charge in [-0.15, -0.1) is 11.3 Å². The Morgan fingerprint density at radius 3 is 2.37 bits per heavy atom. The van der Waals surface area contributed by atoms with Crippen molar-refractivity contribution in [1.29, 1.82) is 0 Å². The average molecular weight is 437 g/mol. The molecule has 0 saturated carbocycles. The molecule has 2 aromatic heterocycles. The van der Waals surface area contributed by atoms with Crippen LogP contribution in [0.25, 0.3) is 9.53 Å². The van der Waals surface area contributed by atoms with Crippen LogP contribution in [-0.4, -0.2) is 23.5 Å². The monoisotopic (exact) mass is 436 g/mol. The summed E-state index contributed by atoms with van der Waals surface area (Å²) in [4.78, 5) is 30.4. The van der Waals surface area contributed by atoms with Gasteiger partial charge in [-0.3, -0.25) is 10.1 Å². The normalized spacial score (nSPS) is 10.9. The van der Waals surface area contributed by atoms with Gasteiger partial charge in [0.2, 0.25) is 0 Å². The van der Waals surface area contributed by atoms with Gasteiger partial charge >= 0.3 is 5.97 Å². The predicted molar refractivity (Wildman–Crippen MR) is 122 cm³/mol. The molecule has 0 fully saturated rings. The number of ether oxygens (including phenoxy) is 1. The zero-order chi connectivity index (χ0) is 21.1. The molecule has 152 valence electrons. The molecule has 1 amide bonds. The second kappa shape index (κ2) is 8.77. The third-order valence-corrected chi connectivity index (χ3v) is 7.01. The second-order valence-electron chi connectivity index (χ2n) is 6.74. The molecule has 4 rings (SSSR count). The summed E-state index contributed by atoms with van der Waals surface area (Å²) < 4.78 is 5.99. The Bertz CT molecular complexity index is 1190. The van der Waals surface area contributed by atoms with E-state index in [1.807, 2.05) is 49.4 Å². The number of rotatable bonds is 6. The number of aryl methyl sites for hydroxylation is 1. The van der Waals surface area contributed by atoms with Gasteiger partial charge in [0.15, 0.2) is 5.13 Å². The van der Waals surface area contributed by atoms with E-state index in [2.05, 4.69) is 22.4 Å². The van der Waals surface area contributed by atoms with Crippen LogP contribution in [0.4, 0.5) is 5.13 Å². The Labute approximate surface area is 182 Å². The van der Waals surface area contributed by atoms with E-state index in [0.717, 1.165) is 27.1 Å². The third-order valence-electron chi connectivity index (χ3n) is 4.62. The molecular formula is C23H20N2O3S2. The second-order valence-corrected chi connectivity index (χ2v) is 8.74. The summed E-state index contributed by atoms with van der Waals surface area (Å²) in [6, 6.07) is 17.8. The van der Waals surface area contributed by atoms with Crippen LogP contribution < -0.4 is 5.32 Å². The summed E-state index contributed by atoms with van der Waals surface area (Å²) in [7, 11) is 0. The first-order valence-corrected chi connectivity index (χ1v) is 11.2. The standard InChI is InChI=1S/C23H20N2O3S2/c1-3-28-22(27)19-14(2)18-21(29-19)25-23(30-18)24-20(26)17-11-9-16(10-12-17)13-15-7-5-4-6-8-15/h4-12H,3,13H2,1-2H3,(H,24,25,26). The quantitative estimate of drug-likeness (QED) is 0.395. The molecule has 0 atom stereocenters. The van der Waals surface area contributed by atoms with Gasteiger partial charge < -0.3 is 4.74 Å². The smallest absolute Gasteiger partial charge is 0.348 e. The number of hydrogen-bond acceptors (Lipinski definition) is 6. The number of amides is 1. The van der Waals surface area contributed by atoms with E-state index in [-0.39, 0.29) is 11.9 Å². The minimum atomic E-state index is -0.327. The highest BCUT2D eigenvalue weighted by Crippen LogP contribution is 2.37. The minimum absolute atomic E-state index is 0.203. The third kappa shape index (κ3) is 4.27. The molecule has 1 N–H and O–H groups in total. The van der Waals surface area contributed by atoms with Gasteiger partial charge in [-0.2, -0.15) is 0 Å². The summed E-state index contributed by atoms with van der Waals surface area (Å²) in [6.07, 6.45) is 0.827. The lowest BCUT2D eigenvalue weighted by Gasteiger charge is -2.05. The number of hydrogen-bond donors (Lipinski definition) is 1. The first-order chi connectivity index (χ1) is 14.5. The van der Waals surface area contributed by atoms with E-state index in [1.54, 1.807) is 6.92 Å². The molecule has 0 spiro atoms. The van der Waals surface area contributed by atoms with E-state index in [1.165, 1.54) is 28.2 Å². The fourth-order valence-corrected chi connectivity index (χ4v) is 5.32. The van der Waals surface area contributed by atoms with Crippen LogP contribution >= 0.6 is 22.7 Å². The fourth-order valence-electron chi connectivity index (χ4n) is 3.11. The molecule has 5 nitrogen and oxygen atoms in total. The first-order valence-electron chi connectivity index (χ1n) is 9.56. The molecule has 0 aliphatic heterocycles. The van der Waals surface area contributed by atoms with E-state index in [9.17, 15) is 9.59 Å². The number of fused-ring (bicyclic) bond motifs is 1. The number of carbonyl (C=O) groups is 2. The van der Waals surface area contributed by atoms with Crippen molar-refractivity contribution in [3.63, 3.8) is 0 Å². The molecule has 2 aromatic carbocycles. The number of carbonyl (C=O) groups excluding carboxylic acids is 2. The number of esters is 1. The van der Waals surface area contributed by atoms with Crippen molar-refractivity contribution in [2.45, 2.75) is 20.3 Å². The molecular weight excluding hydrogens is 416 g/mol. The van der Waals surface area contributed by atoms with E-state index in [0.29, 0.717) is 22.2 Å². The van der Waals surface area contributed by atoms with Gasteiger partial charge in [0.25, 0.3) is 5.91 Å². The van der Waals surface area contributed by atoms with Crippen molar-refractivity contribution < 1.29 is 14.3 Å². The Balaban J connectivity index is 1.45. The van der Waals surface area contributed by atoms with Crippen molar-refractivity contribution in [2.75, 3.05) is 11.9 Å². The van der Waals surface area contributed by atoms with E-state index in [4.69, 9.17) is 4.74 Å². The summed E-state index contributed by atoms with van der Waals surface area (Å²) >= 11 is 2.66. The van der Waals surface area contributed by atoms with E-state index >= 15 is 0 Å². The van der Waals surface area contributed by atoms with E-state index < -0.39 is 0 Å². The molecule has 0 aliphatic rings. The molecule has 0 unspecified atom stereocenters. The summed E-state index contributed by atoms with van der Waals surface area (Å²) in [5, 5.41) is 3.38. The lowest BCUT2D eigenvalue weighted by Crippen LogP contribution is -2.11. The van der Waals surface area contributed by atoms with Crippen molar-refractivity contribution >= 4 is 49.2 Å². The molecule has 0 bridgehead atoms. The Kier molecular flexibility index (Phi) is 5.92. The number of thiophene rings is 1. The van der Waals surface area contributed by atoms with Crippen LogP contribution in [-0.2, 0) is 11.2 Å². The van der Waals surface area contributed by atoms with Crippen LogP contribution in [0.3, 0.4) is 0 Å². The van der Waals surface area contributed by atoms with Gasteiger partial charge in [0, 0.05) is 5.56 Å². The van der Waals surface area contributed by atoms with Crippen LogP contribution in [0, 0.1) is 6.92 Å². The lowest BCUT2D eigenvalue weighted by molar-refractivity contribution is 0.0531. The topological polar surface area (TPSA) is 68.3 Å². The van der Waals surface area contributed by atoms with Crippen LogP contribution in [0.2, 0.25) is 0 Å². The Hall–Kier alpha value is -3.03. The highest BCUT2D eigenvalue weighted by Gasteiger charge is 2.20. The van der Waals surface area contributed by atoms with Crippen molar-refractivity contribution in [2.24, 2.45) is 0 Å². The lowest BCUT2D eigenvalue weighted by atomic mass is 10.0. The van der Waals surface area contributed by atoms with Gasteiger partial charge in [-0.25, -0.2) is 9.78 Å². The van der Waals surface area contributed by atoms with Gasteiger partial charge in [-0.1, -0.05) is 53.8 Å². The summed E-state index contributed by atoms with van der Waals surface area (Å²) in [5.74, 6) is -0.530. The van der Waals surface area contributed by atoms with Crippen LogP contribution in [0.5, 0.6) is 0 Å².